The van der Waals surface area contributed by atoms with E-state index in [1.807, 2.05) is 6.20 Å². The van der Waals surface area contributed by atoms with Gasteiger partial charge in [0.2, 0.25) is 5.95 Å². The number of aromatic nitrogens is 2. The molecule has 1 aromatic rings. The van der Waals surface area contributed by atoms with Crippen molar-refractivity contribution < 1.29 is 0 Å². The summed E-state index contributed by atoms with van der Waals surface area (Å²) in [5, 5.41) is 0. The lowest BCUT2D eigenvalue weighted by atomic mass is 9.98. The van der Waals surface area contributed by atoms with Crippen molar-refractivity contribution in [2.45, 2.75) is 31.1 Å². The second kappa shape index (κ2) is 1.97. The normalized spacial score (nSPS) is 30.7. The van der Waals surface area contributed by atoms with E-state index >= 15 is 0 Å². The fraction of sp³-hybridized carbons (Fsp3) is 0.556. The van der Waals surface area contributed by atoms with Gasteiger partial charge in [0, 0.05) is 12.1 Å². The van der Waals surface area contributed by atoms with Gasteiger partial charge in [0.15, 0.2) is 0 Å². The quantitative estimate of drug-likeness (QED) is 0.626. The van der Waals surface area contributed by atoms with E-state index in [4.69, 9.17) is 5.73 Å². The molecule has 3 rings (SSSR count). The summed E-state index contributed by atoms with van der Waals surface area (Å²) >= 11 is 0. The largest absolute Gasteiger partial charge is 0.368 e. The molecule has 3 heteroatoms. The maximum Gasteiger partial charge on any atom is 0.220 e. The number of hydrogen-bond donors (Lipinski definition) is 1. The standard InChI is InChI=1S/C9H11N3/c10-9-11-4-7-5-1-2-6(3-5)8(7)12-9/h4-6H,1-3H2,(H2,10,11,12). The SMILES string of the molecule is Nc1ncc2c(n1)C1CCC2C1. The van der Waals surface area contributed by atoms with E-state index in [1.54, 1.807) is 0 Å². The Morgan fingerprint density at radius 2 is 2.17 bits per heavy atom. The van der Waals surface area contributed by atoms with E-state index in [0.29, 0.717) is 11.9 Å². The number of nitrogens with two attached hydrogens (primary N) is 1. The van der Waals surface area contributed by atoms with E-state index in [-0.39, 0.29) is 0 Å². The third-order valence-corrected chi connectivity index (χ3v) is 3.13. The molecular formula is C9H11N3. The average molecular weight is 161 g/mol. The maximum absolute atomic E-state index is 5.54. The van der Waals surface area contributed by atoms with Crippen LogP contribution in [0.2, 0.25) is 0 Å². The fourth-order valence-electron chi connectivity index (χ4n) is 2.57. The fourth-order valence-corrected chi connectivity index (χ4v) is 2.57. The highest BCUT2D eigenvalue weighted by Crippen LogP contribution is 2.51. The van der Waals surface area contributed by atoms with Crippen LogP contribution in [0.1, 0.15) is 42.4 Å². The average Bonchev–Trinajstić information content (AvgIpc) is 2.63. The van der Waals surface area contributed by atoms with E-state index in [1.165, 1.54) is 30.5 Å². The molecule has 3 nitrogen and oxygen atoms in total. The lowest BCUT2D eigenvalue weighted by Gasteiger charge is -2.12. The molecule has 2 N–H and O–H groups in total. The maximum atomic E-state index is 5.54. The van der Waals surface area contributed by atoms with Gasteiger partial charge in [0.25, 0.3) is 0 Å². The summed E-state index contributed by atoms with van der Waals surface area (Å²) in [7, 11) is 0. The van der Waals surface area contributed by atoms with Crippen LogP contribution in [-0.2, 0) is 0 Å². The third kappa shape index (κ3) is 0.661. The number of anilines is 1. The summed E-state index contributed by atoms with van der Waals surface area (Å²) < 4.78 is 0. The first kappa shape index (κ1) is 6.40. The van der Waals surface area contributed by atoms with Gasteiger partial charge in [-0.15, -0.1) is 0 Å². The summed E-state index contributed by atoms with van der Waals surface area (Å²) in [6, 6.07) is 0. The molecule has 1 saturated carbocycles. The monoisotopic (exact) mass is 161 g/mol. The lowest BCUT2D eigenvalue weighted by Crippen LogP contribution is -2.05. The van der Waals surface area contributed by atoms with Crippen molar-refractivity contribution in [3.63, 3.8) is 0 Å². The van der Waals surface area contributed by atoms with Crippen molar-refractivity contribution in [1.82, 2.24) is 9.97 Å². The highest BCUT2D eigenvalue weighted by Gasteiger charge is 2.38. The van der Waals surface area contributed by atoms with E-state index < -0.39 is 0 Å². The Labute approximate surface area is 71.0 Å². The first-order valence-corrected chi connectivity index (χ1v) is 4.47. The van der Waals surface area contributed by atoms with Gasteiger partial charge in [-0.1, -0.05) is 0 Å². The van der Waals surface area contributed by atoms with Gasteiger partial charge in [-0.05, 0) is 30.7 Å². The molecular weight excluding hydrogens is 150 g/mol. The van der Waals surface area contributed by atoms with Crippen LogP contribution in [0.25, 0.3) is 0 Å². The zero-order valence-electron chi connectivity index (χ0n) is 6.83. The highest BCUT2D eigenvalue weighted by atomic mass is 15.0. The van der Waals surface area contributed by atoms with Crippen molar-refractivity contribution in [1.29, 1.82) is 0 Å². The summed E-state index contributed by atoms with van der Waals surface area (Å²) in [4.78, 5) is 8.34. The molecule has 2 atom stereocenters. The van der Waals surface area contributed by atoms with Gasteiger partial charge in [0.05, 0.1) is 5.69 Å². The molecule has 2 aliphatic rings. The molecule has 2 bridgehead atoms. The van der Waals surface area contributed by atoms with Crippen molar-refractivity contribution in [3.05, 3.63) is 17.5 Å². The highest BCUT2D eigenvalue weighted by molar-refractivity contribution is 5.37. The number of nitrogen functional groups attached to an aromatic ring is 1. The predicted octanol–water partition coefficient (Wildman–Crippen LogP) is 1.42. The number of nitrogens with zero attached hydrogens (tertiary/aromatic N) is 2. The van der Waals surface area contributed by atoms with Gasteiger partial charge in [-0.25, -0.2) is 9.97 Å². The Kier molecular flexibility index (Phi) is 1.05. The smallest absolute Gasteiger partial charge is 0.220 e. The van der Waals surface area contributed by atoms with Crippen molar-refractivity contribution in [2.75, 3.05) is 5.73 Å². The van der Waals surface area contributed by atoms with E-state index in [0.717, 1.165) is 5.92 Å². The zero-order valence-corrected chi connectivity index (χ0v) is 6.83. The van der Waals surface area contributed by atoms with Crippen LogP contribution in [0.4, 0.5) is 5.95 Å². The molecule has 2 unspecified atom stereocenters. The Hall–Kier alpha value is -1.12. The molecule has 0 radical (unpaired) electrons. The Morgan fingerprint density at radius 1 is 1.33 bits per heavy atom. The second-order valence-electron chi connectivity index (χ2n) is 3.78. The minimum atomic E-state index is 0.432. The summed E-state index contributed by atoms with van der Waals surface area (Å²) in [6.45, 7) is 0. The molecule has 0 amide bonds. The second-order valence-corrected chi connectivity index (χ2v) is 3.78. The molecule has 0 spiro atoms. The number of fused-ring (bicyclic) bond motifs is 5. The minimum absolute atomic E-state index is 0.432. The van der Waals surface area contributed by atoms with Gasteiger partial charge >= 0.3 is 0 Å². The first-order chi connectivity index (χ1) is 5.84. The van der Waals surface area contributed by atoms with Crippen molar-refractivity contribution >= 4 is 5.95 Å². The molecule has 0 saturated heterocycles. The van der Waals surface area contributed by atoms with Gasteiger partial charge < -0.3 is 5.73 Å². The topological polar surface area (TPSA) is 51.8 Å². The van der Waals surface area contributed by atoms with Crippen LogP contribution < -0.4 is 5.73 Å². The minimum Gasteiger partial charge on any atom is -0.368 e. The first-order valence-electron chi connectivity index (χ1n) is 4.47. The lowest BCUT2D eigenvalue weighted by molar-refractivity contribution is 0.693. The van der Waals surface area contributed by atoms with Gasteiger partial charge in [0.1, 0.15) is 0 Å². The third-order valence-electron chi connectivity index (χ3n) is 3.13. The number of rotatable bonds is 0. The molecule has 1 heterocycles. The van der Waals surface area contributed by atoms with Gasteiger partial charge in [-0.3, -0.25) is 0 Å². The zero-order chi connectivity index (χ0) is 8.13. The number of hydrogen-bond acceptors (Lipinski definition) is 3. The van der Waals surface area contributed by atoms with Crippen LogP contribution in [0.3, 0.4) is 0 Å². The predicted molar refractivity (Wildman–Crippen MR) is 45.8 cm³/mol. The van der Waals surface area contributed by atoms with Crippen molar-refractivity contribution in [2.24, 2.45) is 0 Å². The van der Waals surface area contributed by atoms with Gasteiger partial charge in [-0.2, -0.15) is 0 Å². The van der Waals surface area contributed by atoms with E-state index in [2.05, 4.69) is 9.97 Å². The Balaban J connectivity index is 2.20. The molecule has 2 aliphatic carbocycles. The molecule has 1 fully saturated rings. The Bertz CT molecular complexity index is 335. The van der Waals surface area contributed by atoms with Crippen LogP contribution in [-0.4, -0.2) is 9.97 Å². The van der Waals surface area contributed by atoms with Crippen LogP contribution in [0.15, 0.2) is 6.20 Å². The molecule has 12 heavy (non-hydrogen) atoms. The molecule has 1 aromatic heterocycles. The molecule has 0 aromatic carbocycles. The van der Waals surface area contributed by atoms with Crippen molar-refractivity contribution in [3.8, 4) is 0 Å². The van der Waals surface area contributed by atoms with Crippen LogP contribution in [0.5, 0.6) is 0 Å². The Morgan fingerprint density at radius 3 is 3.08 bits per heavy atom. The molecule has 0 aliphatic heterocycles. The summed E-state index contributed by atoms with van der Waals surface area (Å²) in [6.07, 6.45) is 5.83. The molecule has 62 valence electrons. The van der Waals surface area contributed by atoms with Crippen LogP contribution >= 0.6 is 0 Å². The van der Waals surface area contributed by atoms with Crippen LogP contribution in [0, 0.1) is 0 Å². The summed E-state index contributed by atoms with van der Waals surface area (Å²) in [5.74, 6) is 1.86. The summed E-state index contributed by atoms with van der Waals surface area (Å²) in [5.41, 5.74) is 8.14. The van der Waals surface area contributed by atoms with E-state index in [9.17, 15) is 0 Å².